The monoisotopic (exact) mass is 612 g/mol. The van der Waals surface area contributed by atoms with E-state index >= 15 is 4.39 Å². The van der Waals surface area contributed by atoms with Crippen LogP contribution < -0.4 is 9.64 Å². The van der Waals surface area contributed by atoms with Crippen molar-refractivity contribution in [1.29, 1.82) is 0 Å². The lowest BCUT2D eigenvalue weighted by atomic mass is 9.95. The highest BCUT2D eigenvalue weighted by atomic mass is 19.1. The zero-order chi connectivity index (χ0) is 31.3. The number of anilines is 1. The summed E-state index contributed by atoms with van der Waals surface area (Å²) in [6.07, 6.45) is 2.42. The number of hydrogen-bond donors (Lipinski definition) is 1. The number of amides is 1. The van der Waals surface area contributed by atoms with Gasteiger partial charge in [0.2, 0.25) is 0 Å². The molecule has 3 aliphatic rings. The van der Waals surface area contributed by atoms with Gasteiger partial charge in [0.05, 0.1) is 10.9 Å². The van der Waals surface area contributed by atoms with Crippen LogP contribution in [0.25, 0.3) is 32.9 Å². The standard InChI is InChI=1S/C34H34F2N6O3/c1-3-7-21-8-4-9-22-10-5-11-25(27(21)22)29-28(36)30-26(17-37-29)31(40(2)24-12-15-41(19-24)33(43)44)39-32(38-30)45-20-34-13-6-14-42(34)18-23(35)16-34/h4-5,8-11,17,23-24H,6,12-16,18-20H2,1-2H3,(H,43,44)/t23-,24-,34+/m1/s1. The second-order valence-electron chi connectivity index (χ2n) is 12.2. The van der Waals surface area contributed by atoms with Gasteiger partial charge in [-0.3, -0.25) is 9.88 Å². The first-order chi connectivity index (χ1) is 21.8. The number of rotatable bonds is 6. The van der Waals surface area contributed by atoms with E-state index in [1.165, 1.54) is 4.90 Å². The van der Waals surface area contributed by atoms with Crippen LogP contribution in [0.3, 0.4) is 0 Å². The fourth-order valence-corrected chi connectivity index (χ4v) is 7.37. The number of aromatic nitrogens is 3. The predicted octanol–water partition coefficient (Wildman–Crippen LogP) is 5.50. The number of benzene rings is 2. The van der Waals surface area contributed by atoms with Crippen LogP contribution in [0.5, 0.6) is 6.01 Å². The Morgan fingerprint density at radius 3 is 2.80 bits per heavy atom. The summed E-state index contributed by atoms with van der Waals surface area (Å²) in [5.74, 6) is 5.85. The van der Waals surface area contributed by atoms with Crippen molar-refractivity contribution in [3.8, 4) is 29.1 Å². The van der Waals surface area contributed by atoms with Crippen molar-refractivity contribution in [3.05, 3.63) is 54.0 Å². The number of ether oxygens (including phenoxy) is 1. The maximum atomic E-state index is 16.8. The van der Waals surface area contributed by atoms with Crippen LogP contribution in [0.4, 0.5) is 19.4 Å². The lowest BCUT2D eigenvalue weighted by molar-refractivity contribution is 0.107. The van der Waals surface area contributed by atoms with Gasteiger partial charge in [0.1, 0.15) is 29.8 Å². The van der Waals surface area contributed by atoms with Gasteiger partial charge in [-0.25, -0.2) is 13.6 Å². The van der Waals surface area contributed by atoms with Crippen LogP contribution in [0, 0.1) is 17.7 Å². The molecule has 0 radical (unpaired) electrons. The van der Waals surface area contributed by atoms with Crippen LogP contribution in [-0.4, -0.2) is 93.5 Å². The molecule has 0 spiro atoms. The number of hydrogen-bond acceptors (Lipinski definition) is 7. The molecule has 2 aromatic heterocycles. The minimum Gasteiger partial charge on any atom is -0.465 e. The third kappa shape index (κ3) is 5.07. The number of carboxylic acid groups (broad SMARTS) is 1. The van der Waals surface area contributed by atoms with Gasteiger partial charge >= 0.3 is 12.1 Å². The smallest absolute Gasteiger partial charge is 0.407 e. The summed E-state index contributed by atoms with van der Waals surface area (Å²) in [6, 6.07) is 11.2. The summed E-state index contributed by atoms with van der Waals surface area (Å²) in [5, 5.41) is 11.6. The second-order valence-corrected chi connectivity index (χ2v) is 12.2. The molecule has 1 amide bonds. The molecule has 3 aliphatic heterocycles. The van der Waals surface area contributed by atoms with E-state index in [0.717, 1.165) is 35.7 Å². The number of likely N-dealkylation sites (N-methyl/N-ethyl adjacent to an activating group) is 1. The van der Waals surface area contributed by atoms with Gasteiger partial charge in [-0.15, -0.1) is 5.92 Å². The second kappa shape index (κ2) is 11.4. The molecule has 232 valence electrons. The molecule has 3 saturated heterocycles. The van der Waals surface area contributed by atoms with E-state index in [2.05, 4.69) is 26.7 Å². The number of carbonyl (C=O) groups is 1. The molecule has 3 fully saturated rings. The van der Waals surface area contributed by atoms with Crippen LogP contribution in [0.15, 0.2) is 42.6 Å². The third-order valence-electron chi connectivity index (χ3n) is 9.61. The molecule has 3 atom stereocenters. The number of likely N-dealkylation sites (tertiary alicyclic amines) is 1. The molecular weight excluding hydrogens is 578 g/mol. The molecular formula is C34H34F2N6O3. The Morgan fingerprint density at radius 2 is 2.02 bits per heavy atom. The molecule has 4 aromatic rings. The van der Waals surface area contributed by atoms with E-state index in [1.54, 1.807) is 13.1 Å². The number of halogens is 2. The predicted molar refractivity (Wildman–Crippen MR) is 168 cm³/mol. The van der Waals surface area contributed by atoms with Gasteiger partial charge in [0, 0.05) is 61.9 Å². The van der Waals surface area contributed by atoms with E-state index in [9.17, 15) is 14.3 Å². The molecule has 0 aliphatic carbocycles. The van der Waals surface area contributed by atoms with Crippen molar-refractivity contribution in [2.24, 2.45) is 0 Å². The average Bonchev–Trinajstić information content (AvgIpc) is 3.75. The molecule has 9 nitrogen and oxygen atoms in total. The third-order valence-corrected chi connectivity index (χ3v) is 9.61. The fourth-order valence-electron chi connectivity index (χ4n) is 7.37. The van der Waals surface area contributed by atoms with Crippen molar-refractivity contribution in [2.75, 3.05) is 44.7 Å². The van der Waals surface area contributed by atoms with Gasteiger partial charge in [0.15, 0.2) is 5.82 Å². The van der Waals surface area contributed by atoms with E-state index in [1.807, 2.05) is 48.3 Å². The summed E-state index contributed by atoms with van der Waals surface area (Å²) < 4.78 is 37.4. The van der Waals surface area contributed by atoms with Crippen molar-refractivity contribution in [2.45, 2.75) is 50.4 Å². The average molecular weight is 613 g/mol. The van der Waals surface area contributed by atoms with Gasteiger partial charge in [-0.2, -0.15) is 9.97 Å². The van der Waals surface area contributed by atoms with Gasteiger partial charge in [-0.1, -0.05) is 36.3 Å². The molecule has 45 heavy (non-hydrogen) atoms. The topological polar surface area (TPSA) is 94.9 Å². The molecule has 7 rings (SSSR count). The van der Waals surface area contributed by atoms with Crippen LogP contribution in [0.2, 0.25) is 0 Å². The Kier molecular flexibility index (Phi) is 7.40. The quantitative estimate of drug-likeness (QED) is 0.286. The summed E-state index contributed by atoms with van der Waals surface area (Å²) in [6.45, 7) is 3.83. The molecule has 0 unspecified atom stereocenters. The lowest BCUT2D eigenvalue weighted by Gasteiger charge is -2.31. The number of alkyl halides is 1. The number of pyridine rings is 1. The highest BCUT2D eigenvalue weighted by Gasteiger charge is 2.49. The first-order valence-electron chi connectivity index (χ1n) is 15.3. The van der Waals surface area contributed by atoms with Crippen molar-refractivity contribution in [1.82, 2.24) is 24.8 Å². The Bertz CT molecular complexity index is 1870. The lowest BCUT2D eigenvalue weighted by Crippen LogP contribution is -2.43. The first-order valence-corrected chi connectivity index (χ1v) is 15.3. The minimum absolute atomic E-state index is 0.00696. The molecule has 2 aromatic carbocycles. The number of nitrogens with zero attached hydrogens (tertiary/aromatic N) is 6. The van der Waals surface area contributed by atoms with Crippen LogP contribution >= 0.6 is 0 Å². The number of fused-ring (bicyclic) bond motifs is 3. The minimum atomic E-state index is -0.981. The van der Waals surface area contributed by atoms with E-state index in [0.29, 0.717) is 42.7 Å². The van der Waals surface area contributed by atoms with Gasteiger partial charge in [0.25, 0.3) is 0 Å². The fraction of sp³-hybridized carbons (Fsp3) is 0.412. The van der Waals surface area contributed by atoms with Crippen molar-refractivity contribution < 1.29 is 23.4 Å². The van der Waals surface area contributed by atoms with E-state index < -0.39 is 23.6 Å². The first kappa shape index (κ1) is 29.2. The Morgan fingerprint density at radius 1 is 1.20 bits per heavy atom. The Hall–Kier alpha value is -4.56. The van der Waals surface area contributed by atoms with Crippen LogP contribution in [0.1, 0.15) is 38.2 Å². The SMILES string of the molecule is CC#Cc1cccc2cccc(-c3ncc4c(N(C)[C@@H]5CCN(C(=O)O)C5)nc(OC[C@@]56CCCN5C[C@H](F)C6)nc4c3F)c12. The van der Waals surface area contributed by atoms with Gasteiger partial charge < -0.3 is 19.6 Å². The summed E-state index contributed by atoms with van der Waals surface area (Å²) in [4.78, 5) is 30.9. The summed E-state index contributed by atoms with van der Waals surface area (Å²) >= 11 is 0. The normalized spacial score (nSPS) is 22.9. The maximum Gasteiger partial charge on any atom is 0.407 e. The van der Waals surface area contributed by atoms with Crippen LogP contribution in [-0.2, 0) is 0 Å². The maximum absolute atomic E-state index is 16.8. The zero-order valence-corrected chi connectivity index (χ0v) is 25.3. The molecule has 1 N–H and O–H groups in total. The molecule has 0 saturated carbocycles. The van der Waals surface area contributed by atoms with E-state index in [4.69, 9.17) is 9.72 Å². The van der Waals surface area contributed by atoms with Crippen molar-refractivity contribution >= 4 is 33.6 Å². The van der Waals surface area contributed by atoms with Crippen molar-refractivity contribution in [3.63, 3.8) is 0 Å². The molecule has 11 heteroatoms. The molecule has 5 heterocycles. The summed E-state index contributed by atoms with van der Waals surface area (Å²) in [7, 11) is 1.82. The van der Waals surface area contributed by atoms with Gasteiger partial charge in [-0.05, 0) is 44.2 Å². The Balaban J connectivity index is 1.34. The highest BCUT2D eigenvalue weighted by molar-refractivity contribution is 6.02. The largest absolute Gasteiger partial charge is 0.465 e. The molecule has 0 bridgehead atoms. The Labute approximate surface area is 259 Å². The van der Waals surface area contributed by atoms with E-state index in [-0.39, 0.29) is 36.4 Å². The highest BCUT2D eigenvalue weighted by Crippen LogP contribution is 2.41. The summed E-state index contributed by atoms with van der Waals surface area (Å²) in [5.41, 5.74) is 1.11. The zero-order valence-electron chi connectivity index (χ0n) is 25.3.